The van der Waals surface area contributed by atoms with Crippen LogP contribution in [0, 0.1) is 0 Å². The molecule has 0 N–H and O–H groups in total. The molecule has 11 aromatic carbocycles. The average molecular weight is 857 g/mol. The van der Waals surface area contributed by atoms with Gasteiger partial charge in [-0.2, -0.15) is 0 Å². The zero-order valence-electron chi connectivity index (χ0n) is 37.6. The Morgan fingerprint density at radius 2 is 0.687 bits per heavy atom. The lowest BCUT2D eigenvalue weighted by atomic mass is 9.82. The highest BCUT2D eigenvalue weighted by atomic mass is 15.1. The summed E-state index contributed by atoms with van der Waals surface area (Å²) in [6.07, 6.45) is 0. The molecular formula is C65H48N2. The summed E-state index contributed by atoms with van der Waals surface area (Å²) in [5.41, 5.74) is 19.0. The van der Waals surface area contributed by atoms with Crippen LogP contribution in [0.25, 0.3) is 66.1 Å². The van der Waals surface area contributed by atoms with Gasteiger partial charge in [-0.1, -0.05) is 196 Å². The molecule has 67 heavy (non-hydrogen) atoms. The second-order valence-corrected chi connectivity index (χ2v) is 18.2. The zero-order chi connectivity index (χ0) is 44.9. The second kappa shape index (κ2) is 16.5. The molecule has 0 fully saturated rings. The van der Waals surface area contributed by atoms with Gasteiger partial charge in [0.25, 0.3) is 0 Å². The predicted octanol–water partition coefficient (Wildman–Crippen LogP) is 18.2. The fourth-order valence-electron chi connectivity index (χ4n) is 10.3. The number of para-hydroxylation sites is 1. The zero-order valence-corrected chi connectivity index (χ0v) is 37.6. The monoisotopic (exact) mass is 856 g/mol. The minimum absolute atomic E-state index is 0.265. The Hall–Kier alpha value is -8.46. The van der Waals surface area contributed by atoms with Crippen LogP contribution < -0.4 is 9.80 Å². The molecule has 0 radical (unpaired) electrons. The summed E-state index contributed by atoms with van der Waals surface area (Å²) in [4.78, 5) is 4.83. The van der Waals surface area contributed by atoms with Crippen LogP contribution >= 0.6 is 0 Å². The highest BCUT2D eigenvalue weighted by Crippen LogP contribution is 2.53. The Bertz CT molecular complexity index is 3570. The van der Waals surface area contributed by atoms with Crippen LogP contribution in [0.2, 0.25) is 0 Å². The van der Waals surface area contributed by atoms with Crippen molar-refractivity contribution >= 4 is 55.7 Å². The first-order valence-electron chi connectivity index (χ1n) is 23.2. The molecule has 12 rings (SSSR count). The first kappa shape index (κ1) is 40.1. The van der Waals surface area contributed by atoms with Crippen LogP contribution in [0.1, 0.15) is 25.0 Å². The van der Waals surface area contributed by atoms with E-state index in [1.165, 1.54) is 77.2 Å². The third-order valence-corrected chi connectivity index (χ3v) is 13.8. The highest BCUT2D eigenvalue weighted by molar-refractivity contribution is 6.00. The summed E-state index contributed by atoms with van der Waals surface area (Å²) in [5, 5.41) is 4.93. The largest absolute Gasteiger partial charge is 0.310 e. The predicted molar refractivity (Wildman–Crippen MR) is 285 cm³/mol. The normalized spacial score (nSPS) is 12.4. The molecule has 2 heteroatoms. The van der Waals surface area contributed by atoms with Gasteiger partial charge in [-0.3, -0.25) is 0 Å². The summed E-state index contributed by atoms with van der Waals surface area (Å²) in [6.45, 7) is 4.77. The number of nitrogens with zero attached hydrogens (tertiary/aromatic N) is 2. The van der Waals surface area contributed by atoms with Gasteiger partial charge in [0.1, 0.15) is 0 Å². The standard InChI is InChI=1S/C65H48N2/c1-65(2)62-43-57(66(54-20-7-4-8-21-54)55-34-30-49(31-35-55)48-26-24-47(25-27-48)45-14-5-3-6-15-45)38-40-60(62)61-41-39-58(44-63(61)65)67(64-23-13-19-51-17-11-12-22-59(51)64)56-36-32-50(33-37-56)53-29-28-46-16-9-10-18-52(46)42-53/h3-44H,1-2H3. The minimum Gasteiger partial charge on any atom is -0.310 e. The maximum absolute atomic E-state index is 2.44. The Labute approximate surface area is 393 Å². The summed E-state index contributed by atoms with van der Waals surface area (Å²) >= 11 is 0. The van der Waals surface area contributed by atoms with Crippen LogP contribution in [0.5, 0.6) is 0 Å². The van der Waals surface area contributed by atoms with Crippen molar-refractivity contribution < 1.29 is 0 Å². The van der Waals surface area contributed by atoms with E-state index < -0.39 is 0 Å². The molecule has 0 saturated heterocycles. The quantitative estimate of drug-likeness (QED) is 0.143. The van der Waals surface area contributed by atoms with Crippen molar-refractivity contribution in [3.63, 3.8) is 0 Å². The number of benzene rings is 11. The summed E-state index contributed by atoms with van der Waals surface area (Å²) < 4.78 is 0. The average Bonchev–Trinajstić information content (AvgIpc) is 3.62. The van der Waals surface area contributed by atoms with E-state index in [0.29, 0.717) is 0 Å². The lowest BCUT2D eigenvalue weighted by molar-refractivity contribution is 0.660. The summed E-state index contributed by atoms with van der Waals surface area (Å²) in [5.74, 6) is 0. The topological polar surface area (TPSA) is 6.48 Å². The molecule has 0 spiro atoms. The summed E-state index contributed by atoms with van der Waals surface area (Å²) in [6, 6.07) is 93.1. The molecule has 0 bridgehead atoms. The van der Waals surface area contributed by atoms with E-state index in [0.717, 1.165) is 34.1 Å². The van der Waals surface area contributed by atoms with Crippen molar-refractivity contribution in [1.29, 1.82) is 0 Å². The van der Waals surface area contributed by atoms with Crippen molar-refractivity contribution in [3.8, 4) is 44.5 Å². The van der Waals surface area contributed by atoms with Crippen LogP contribution in [-0.4, -0.2) is 0 Å². The van der Waals surface area contributed by atoms with Gasteiger partial charge in [0.2, 0.25) is 0 Å². The highest BCUT2D eigenvalue weighted by Gasteiger charge is 2.37. The van der Waals surface area contributed by atoms with Gasteiger partial charge < -0.3 is 9.80 Å². The molecule has 1 aliphatic rings. The van der Waals surface area contributed by atoms with Crippen LogP contribution in [0.15, 0.2) is 255 Å². The second-order valence-electron chi connectivity index (χ2n) is 18.2. The molecule has 318 valence electrons. The number of fused-ring (bicyclic) bond motifs is 5. The first-order chi connectivity index (χ1) is 33.0. The van der Waals surface area contributed by atoms with Gasteiger partial charge in [0, 0.05) is 39.2 Å². The molecule has 0 amide bonds. The van der Waals surface area contributed by atoms with Crippen molar-refractivity contribution in [2.45, 2.75) is 19.3 Å². The fraction of sp³-hybridized carbons (Fsp3) is 0.0462. The van der Waals surface area contributed by atoms with E-state index >= 15 is 0 Å². The Balaban J connectivity index is 0.904. The van der Waals surface area contributed by atoms with Gasteiger partial charge >= 0.3 is 0 Å². The van der Waals surface area contributed by atoms with E-state index in [-0.39, 0.29) is 5.41 Å². The lowest BCUT2D eigenvalue weighted by Gasteiger charge is -2.30. The van der Waals surface area contributed by atoms with E-state index in [1.54, 1.807) is 0 Å². The Kier molecular flexibility index (Phi) is 9.88. The van der Waals surface area contributed by atoms with Crippen molar-refractivity contribution in [2.75, 3.05) is 9.80 Å². The van der Waals surface area contributed by atoms with Crippen LogP contribution in [0.4, 0.5) is 34.1 Å². The van der Waals surface area contributed by atoms with Crippen molar-refractivity contribution in [1.82, 2.24) is 0 Å². The third kappa shape index (κ3) is 7.24. The summed E-state index contributed by atoms with van der Waals surface area (Å²) in [7, 11) is 0. The number of hydrogen-bond donors (Lipinski definition) is 0. The first-order valence-corrected chi connectivity index (χ1v) is 23.2. The number of rotatable bonds is 9. The van der Waals surface area contributed by atoms with Gasteiger partial charge in [-0.05, 0) is 145 Å². The molecule has 0 atom stereocenters. The molecule has 11 aromatic rings. The van der Waals surface area contributed by atoms with Gasteiger partial charge in [0.05, 0.1) is 5.69 Å². The van der Waals surface area contributed by atoms with Gasteiger partial charge in [0.15, 0.2) is 0 Å². The third-order valence-electron chi connectivity index (χ3n) is 13.8. The maximum Gasteiger partial charge on any atom is 0.0540 e. The maximum atomic E-state index is 2.44. The van der Waals surface area contributed by atoms with Crippen LogP contribution in [-0.2, 0) is 5.41 Å². The number of hydrogen-bond acceptors (Lipinski definition) is 2. The van der Waals surface area contributed by atoms with E-state index in [1.807, 2.05) is 0 Å². The molecule has 0 unspecified atom stereocenters. The fourth-order valence-corrected chi connectivity index (χ4v) is 10.3. The molecule has 2 nitrogen and oxygen atoms in total. The number of anilines is 6. The molecule has 0 heterocycles. The molecule has 1 aliphatic carbocycles. The molecule has 0 aliphatic heterocycles. The van der Waals surface area contributed by atoms with E-state index in [2.05, 4.69) is 278 Å². The van der Waals surface area contributed by atoms with Gasteiger partial charge in [-0.25, -0.2) is 0 Å². The molecular weight excluding hydrogens is 809 g/mol. The Morgan fingerprint density at radius 1 is 0.269 bits per heavy atom. The Morgan fingerprint density at radius 3 is 1.31 bits per heavy atom. The van der Waals surface area contributed by atoms with Crippen molar-refractivity contribution in [3.05, 3.63) is 266 Å². The van der Waals surface area contributed by atoms with Crippen LogP contribution in [0.3, 0.4) is 0 Å². The smallest absolute Gasteiger partial charge is 0.0540 e. The van der Waals surface area contributed by atoms with Crippen molar-refractivity contribution in [2.24, 2.45) is 0 Å². The van der Waals surface area contributed by atoms with E-state index in [9.17, 15) is 0 Å². The lowest BCUT2D eigenvalue weighted by Crippen LogP contribution is -2.17. The minimum atomic E-state index is -0.265. The van der Waals surface area contributed by atoms with Gasteiger partial charge in [-0.15, -0.1) is 0 Å². The van der Waals surface area contributed by atoms with E-state index in [4.69, 9.17) is 0 Å². The molecule has 0 aromatic heterocycles. The SMILES string of the molecule is CC1(C)c2cc(N(c3ccccc3)c3ccc(-c4ccc(-c5ccccc5)cc4)cc3)ccc2-c2ccc(N(c3ccc(-c4ccc5ccccc5c4)cc3)c3cccc4ccccc34)cc21. The molecule has 0 saturated carbocycles.